The molecule has 0 saturated carbocycles. The van der Waals surface area contributed by atoms with Crippen LogP contribution in [0.2, 0.25) is 0 Å². The van der Waals surface area contributed by atoms with Crippen LogP contribution in [-0.4, -0.2) is 25.1 Å². The SMILES string of the molecule is CCc1cn(-c2ccccc2)c(-c2cc(S(C)(=O)=O)ccc2C)c1NC(C)=O. The predicted molar refractivity (Wildman–Crippen MR) is 113 cm³/mol. The molecule has 0 fully saturated rings. The van der Waals surface area contributed by atoms with Gasteiger partial charge in [-0.05, 0) is 48.7 Å². The number of benzene rings is 2. The van der Waals surface area contributed by atoms with E-state index in [0.717, 1.165) is 34.5 Å². The van der Waals surface area contributed by atoms with Crippen molar-refractivity contribution in [3.63, 3.8) is 0 Å². The molecule has 0 atom stereocenters. The maximum atomic E-state index is 12.1. The van der Waals surface area contributed by atoms with E-state index in [1.165, 1.54) is 13.2 Å². The van der Waals surface area contributed by atoms with Crippen LogP contribution in [0, 0.1) is 6.92 Å². The van der Waals surface area contributed by atoms with Gasteiger partial charge in [0, 0.05) is 30.6 Å². The van der Waals surface area contributed by atoms with Crippen LogP contribution in [0.1, 0.15) is 25.0 Å². The van der Waals surface area contributed by atoms with Gasteiger partial charge < -0.3 is 9.88 Å². The van der Waals surface area contributed by atoms with Gasteiger partial charge in [-0.25, -0.2) is 8.42 Å². The molecule has 1 amide bonds. The highest BCUT2D eigenvalue weighted by Crippen LogP contribution is 2.38. The van der Waals surface area contributed by atoms with Crippen molar-refractivity contribution in [1.29, 1.82) is 0 Å². The molecule has 0 aliphatic carbocycles. The first-order valence-corrected chi connectivity index (χ1v) is 11.0. The molecule has 3 rings (SSSR count). The molecule has 28 heavy (non-hydrogen) atoms. The molecule has 0 aliphatic heterocycles. The summed E-state index contributed by atoms with van der Waals surface area (Å²) >= 11 is 0. The minimum Gasteiger partial charge on any atom is -0.324 e. The van der Waals surface area contributed by atoms with Crippen molar-refractivity contribution in [2.75, 3.05) is 11.6 Å². The summed E-state index contributed by atoms with van der Waals surface area (Å²) in [5.74, 6) is -0.168. The Morgan fingerprint density at radius 1 is 1.11 bits per heavy atom. The molecule has 1 heterocycles. The van der Waals surface area contributed by atoms with Crippen molar-refractivity contribution in [3.8, 4) is 16.9 Å². The summed E-state index contributed by atoms with van der Waals surface area (Å²) in [5, 5.41) is 2.96. The van der Waals surface area contributed by atoms with E-state index in [4.69, 9.17) is 0 Å². The van der Waals surface area contributed by atoms with Crippen molar-refractivity contribution in [2.45, 2.75) is 32.1 Å². The van der Waals surface area contributed by atoms with Crippen LogP contribution in [0.15, 0.2) is 59.6 Å². The molecule has 0 aliphatic rings. The van der Waals surface area contributed by atoms with Crippen LogP contribution < -0.4 is 5.32 Å². The van der Waals surface area contributed by atoms with Crippen LogP contribution in [-0.2, 0) is 21.1 Å². The van der Waals surface area contributed by atoms with Crippen LogP contribution in [0.3, 0.4) is 0 Å². The molecule has 1 aromatic heterocycles. The number of aromatic nitrogens is 1. The second-order valence-corrected chi connectivity index (χ2v) is 8.88. The summed E-state index contributed by atoms with van der Waals surface area (Å²) in [6, 6.07) is 14.9. The Bertz CT molecular complexity index is 1130. The fraction of sp³-hybridized carbons (Fsp3) is 0.227. The maximum absolute atomic E-state index is 12.1. The third-order valence-corrected chi connectivity index (χ3v) is 5.80. The number of hydrogen-bond donors (Lipinski definition) is 1. The van der Waals surface area contributed by atoms with Crippen LogP contribution in [0.5, 0.6) is 0 Å². The number of hydrogen-bond acceptors (Lipinski definition) is 3. The van der Waals surface area contributed by atoms with Crippen LogP contribution >= 0.6 is 0 Å². The number of amides is 1. The second-order valence-electron chi connectivity index (χ2n) is 6.87. The highest BCUT2D eigenvalue weighted by Gasteiger charge is 2.21. The van der Waals surface area contributed by atoms with Crippen molar-refractivity contribution in [2.24, 2.45) is 0 Å². The summed E-state index contributed by atoms with van der Waals surface area (Å²) in [6.07, 6.45) is 3.93. The fourth-order valence-electron chi connectivity index (χ4n) is 3.28. The van der Waals surface area contributed by atoms with Crippen LogP contribution in [0.4, 0.5) is 5.69 Å². The molecule has 5 nitrogen and oxygen atoms in total. The topological polar surface area (TPSA) is 68.2 Å². The van der Waals surface area contributed by atoms with Gasteiger partial charge in [0.2, 0.25) is 5.91 Å². The van der Waals surface area contributed by atoms with Gasteiger partial charge in [-0.1, -0.05) is 31.2 Å². The molecule has 0 spiro atoms. The smallest absolute Gasteiger partial charge is 0.221 e. The average molecular weight is 397 g/mol. The predicted octanol–water partition coefficient (Wildman–Crippen LogP) is 4.38. The van der Waals surface area contributed by atoms with Crippen molar-refractivity contribution in [1.82, 2.24) is 4.57 Å². The summed E-state index contributed by atoms with van der Waals surface area (Å²) < 4.78 is 26.3. The Morgan fingerprint density at radius 3 is 2.36 bits per heavy atom. The zero-order chi connectivity index (χ0) is 20.5. The Morgan fingerprint density at radius 2 is 1.79 bits per heavy atom. The van der Waals surface area contributed by atoms with Crippen molar-refractivity contribution in [3.05, 3.63) is 65.9 Å². The number of rotatable bonds is 5. The van der Waals surface area contributed by atoms with Gasteiger partial charge in [0.15, 0.2) is 9.84 Å². The second kappa shape index (κ2) is 7.64. The van der Waals surface area contributed by atoms with Gasteiger partial charge in [0.05, 0.1) is 16.3 Å². The normalized spacial score (nSPS) is 11.4. The number of sulfone groups is 1. The molecule has 0 bridgehead atoms. The Balaban J connectivity index is 2.38. The average Bonchev–Trinajstić information content (AvgIpc) is 2.99. The quantitative estimate of drug-likeness (QED) is 0.696. The summed E-state index contributed by atoms with van der Waals surface area (Å²) in [5.41, 5.74) is 5.12. The van der Waals surface area contributed by atoms with E-state index in [0.29, 0.717) is 5.69 Å². The number of nitrogens with one attached hydrogen (secondary N) is 1. The maximum Gasteiger partial charge on any atom is 0.221 e. The molecular weight excluding hydrogens is 372 g/mol. The molecule has 2 aromatic carbocycles. The minimum atomic E-state index is -3.36. The number of carbonyl (C=O) groups excluding carboxylic acids is 1. The Labute approximate surface area is 165 Å². The van der Waals surface area contributed by atoms with E-state index in [1.807, 2.05) is 54.9 Å². The Hall–Kier alpha value is -2.86. The van der Waals surface area contributed by atoms with Crippen molar-refractivity contribution < 1.29 is 13.2 Å². The third kappa shape index (κ3) is 3.87. The van der Waals surface area contributed by atoms with E-state index < -0.39 is 9.84 Å². The Kier molecular flexibility index (Phi) is 5.42. The number of nitrogens with zero attached hydrogens (tertiary/aromatic N) is 1. The molecule has 0 radical (unpaired) electrons. The lowest BCUT2D eigenvalue weighted by molar-refractivity contribution is -0.114. The van der Waals surface area contributed by atoms with Gasteiger partial charge in [-0.3, -0.25) is 4.79 Å². The molecular formula is C22H24N2O3S. The molecule has 0 unspecified atom stereocenters. The lowest BCUT2D eigenvalue weighted by atomic mass is 10.0. The number of para-hydroxylation sites is 1. The first kappa shape index (κ1) is 19.9. The first-order chi connectivity index (χ1) is 13.2. The minimum absolute atomic E-state index is 0.168. The largest absolute Gasteiger partial charge is 0.324 e. The molecule has 1 N–H and O–H groups in total. The number of aryl methyl sites for hydroxylation is 2. The first-order valence-electron chi connectivity index (χ1n) is 9.10. The van der Waals surface area contributed by atoms with E-state index in [9.17, 15) is 13.2 Å². The number of anilines is 1. The lowest BCUT2D eigenvalue weighted by Gasteiger charge is -2.15. The summed E-state index contributed by atoms with van der Waals surface area (Å²) in [7, 11) is -3.36. The summed E-state index contributed by atoms with van der Waals surface area (Å²) in [4.78, 5) is 12.2. The standard InChI is InChI=1S/C22H24N2O3S/c1-5-17-14-24(18-9-7-6-8-10-18)22(21(17)23-16(3)25)20-13-19(28(4,26)27)12-11-15(20)2/h6-14H,5H2,1-4H3,(H,23,25). The molecule has 3 aromatic rings. The lowest BCUT2D eigenvalue weighted by Crippen LogP contribution is -2.09. The van der Waals surface area contributed by atoms with E-state index in [-0.39, 0.29) is 10.8 Å². The van der Waals surface area contributed by atoms with Crippen molar-refractivity contribution >= 4 is 21.4 Å². The molecule has 6 heteroatoms. The van der Waals surface area contributed by atoms with E-state index in [1.54, 1.807) is 18.2 Å². The zero-order valence-corrected chi connectivity index (χ0v) is 17.3. The van der Waals surface area contributed by atoms with Gasteiger partial charge in [-0.2, -0.15) is 0 Å². The van der Waals surface area contributed by atoms with E-state index in [2.05, 4.69) is 5.32 Å². The van der Waals surface area contributed by atoms with Gasteiger partial charge in [0.1, 0.15) is 0 Å². The summed E-state index contributed by atoms with van der Waals surface area (Å²) in [6.45, 7) is 5.44. The van der Waals surface area contributed by atoms with Gasteiger partial charge in [-0.15, -0.1) is 0 Å². The molecule has 146 valence electrons. The van der Waals surface area contributed by atoms with E-state index >= 15 is 0 Å². The highest BCUT2D eigenvalue weighted by molar-refractivity contribution is 7.90. The third-order valence-electron chi connectivity index (χ3n) is 4.69. The number of carbonyl (C=O) groups is 1. The monoisotopic (exact) mass is 396 g/mol. The fourth-order valence-corrected chi connectivity index (χ4v) is 3.93. The molecule has 0 saturated heterocycles. The van der Waals surface area contributed by atoms with Gasteiger partial charge >= 0.3 is 0 Å². The van der Waals surface area contributed by atoms with Crippen LogP contribution in [0.25, 0.3) is 16.9 Å². The highest BCUT2D eigenvalue weighted by atomic mass is 32.2. The van der Waals surface area contributed by atoms with Gasteiger partial charge in [0.25, 0.3) is 0 Å². The zero-order valence-electron chi connectivity index (χ0n) is 16.5.